The van der Waals surface area contributed by atoms with E-state index in [1.807, 2.05) is 6.07 Å². The molecule has 0 amide bonds. The zero-order valence-corrected chi connectivity index (χ0v) is 14.2. The Bertz CT molecular complexity index is 948. The monoisotopic (exact) mass is 375 g/mol. The second kappa shape index (κ2) is 6.87. The number of nitrogens with two attached hydrogens (primary N) is 1. The quantitative estimate of drug-likeness (QED) is 0.542. The Morgan fingerprint density at radius 1 is 1.35 bits per heavy atom. The summed E-state index contributed by atoms with van der Waals surface area (Å²) in [5.41, 5.74) is 6.96. The van der Waals surface area contributed by atoms with Crippen LogP contribution < -0.4 is 5.73 Å². The largest absolute Gasteiger partial charge is 0.457 e. The predicted molar refractivity (Wildman–Crippen MR) is 91.3 cm³/mol. The number of fused-ring (bicyclic) bond motifs is 1. The number of imidazole rings is 1. The molecule has 2 atom stereocenters. The molecule has 2 aromatic heterocycles. The maximum atomic E-state index is 12.0. The van der Waals surface area contributed by atoms with E-state index < -0.39 is 18.5 Å². The van der Waals surface area contributed by atoms with Crippen LogP contribution >= 0.6 is 11.6 Å². The Morgan fingerprint density at radius 3 is 2.96 bits per heavy atom. The maximum absolute atomic E-state index is 12.0. The van der Waals surface area contributed by atoms with Gasteiger partial charge in [-0.05, 0) is 12.1 Å². The average molecular weight is 376 g/mol. The molecule has 1 fully saturated rings. The molecule has 3 aromatic rings. The van der Waals surface area contributed by atoms with Gasteiger partial charge < -0.3 is 19.9 Å². The Balaban J connectivity index is 1.42. The number of rotatable bonds is 4. The van der Waals surface area contributed by atoms with Crippen LogP contribution in [-0.4, -0.2) is 45.0 Å². The normalized spacial score (nSPS) is 19.7. The minimum Gasteiger partial charge on any atom is -0.457 e. The number of nitrogen functional groups attached to an aromatic ring is 1. The van der Waals surface area contributed by atoms with Crippen molar-refractivity contribution < 1.29 is 19.0 Å². The number of hydrogen-bond acceptors (Lipinski definition) is 8. The van der Waals surface area contributed by atoms with Gasteiger partial charge in [0, 0.05) is 0 Å². The van der Waals surface area contributed by atoms with E-state index in [-0.39, 0.29) is 24.3 Å². The number of carbonyl (C=O) groups is 1. The first-order chi connectivity index (χ1) is 12.6. The fourth-order valence-corrected chi connectivity index (χ4v) is 2.81. The minimum atomic E-state index is -0.695. The van der Waals surface area contributed by atoms with Crippen molar-refractivity contribution in [2.75, 3.05) is 18.9 Å². The SMILES string of the molecule is Nc1nc(Cl)c2ncn([C@@H]3CO[C@@H](COC(=O)c4ccccc4)O3)c2n1. The maximum Gasteiger partial charge on any atom is 0.338 e. The highest BCUT2D eigenvalue weighted by molar-refractivity contribution is 6.33. The van der Waals surface area contributed by atoms with Crippen LogP contribution in [0.15, 0.2) is 36.7 Å². The van der Waals surface area contributed by atoms with Gasteiger partial charge in [0.15, 0.2) is 23.3 Å². The van der Waals surface area contributed by atoms with Gasteiger partial charge in [-0.3, -0.25) is 4.57 Å². The first kappa shape index (κ1) is 16.7. The second-order valence-electron chi connectivity index (χ2n) is 5.51. The highest BCUT2D eigenvalue weighted by Crippen LogP contribution is 2.27. The fraction of sp³-hybridized carbons (Fsp3) is 0.250. The summed E-state index contributed by atoms with van der Waals surface area (Å²) in [4.78, 5) is 24.1. The van der Waals surface area contributed by atoms with E-state index in [2.05, 4.69) is 15.0 Å². The molecular weight excluding hydrogens is 362 g/mol. The molecule has 0 unspecified atom stereocenters. The standard InChI is InChI=1S/C16H14ClN5O4/c17-13-12-14(21-16(18)20-13)22(8-19-12)10-6-24-11(26-10)7-25-15(23)9-4-2-1-3-5-9/h1-5,8,10-11H,6-7H2,(H2,18,20,21)/t10-,11+/m0/s1. The molecule has 4 rings (SSSR count). The van der Waals surface area contributed by atoms with Gasteiger partial charge in [-0.2, -0.15) is 9.97 Å². The van der Waals surface area contributed by atoms with Gasteiger partial charge in [-0.1, -0.05) is 29.8 Å². The lowest BCUT2D eigenvalue weighted by Crippen LogP contribution is -2.20. The smallest absolute Gasteiger partial charge is 0.338 e. The zero-order valence-electron chi connectivity index (χ0n) is 13.4. The van der Waals surface area contributed by atoms with Crippen molar-refractivity contribution in [3.63, 3.8) is 0 Å². The topological polar surface area (TPSA) is 114 Å². The van der Waals surface area contributed by atoms with Crippen LogP contribution in [0.25, 0.3) is 11.2 Å². The highest BCUT2D eigenvalue weighted by Gasteiger charge is 2.30. The van der Waals surface area contributed by atoms with Gasteiger partial charge in [0.2, 0.25) is 5.95 Å². The van der Waals surface area contributed by atoms with Crippen LogP contribution in [0, 0.1) is 0 Å². The molecule has 0 aliphatic carbocycles. The van der Waals surface area contributed by atoms with Crippen molar-refractivity contribution in [3.05, 3.63) is 47.4 Å². The highest BCUT2D eigenvalue weighted by atomic mass is 35.5. The summed E-state index contributed by atoms with van der Waals surface area (Å²) >= 11 is 6.02. The van der Waals surface area contributed by atoms with Crippen molar-refractivity contribution >= 4 is 34.7 Å². The lowest BCUT2D eigenvalue weighted by Gasteiger charge is -2.13. The fourth-order valence-electron chi connectivity index (χ4n) is 2.59. The lowest BCUT2D eigenvalue weighted by molar-refractivity contribution is -0.102. The van der Waals surface area contributed by atoms with Crippen molar-refractivity contribution in [3.8, 4) is 0 Å². The molecule has 9 nitrogen and oxygen atoms in total. The van der Waals surface area contributed by atoms with Crippen LogP contribution in [0.5, 0.6) is 0 Å². The third kappa shape index (κ3) is 3.19. The van der Waals surface area contributed by atoms with Gasteiger partial charge in [0.05, 0.1) is 18.5 Å². The summed E-state index contributed by atoms with van der Waals surface area (Å²) in [5.74, 6) is -0.405. The average Bonchev–Trinajstić information content (AvgIpc) is 3.27. The molecule has 26 heavy (non-hydrogen) atoms. The van der Waals surface area contributed by atoms with Crippen LogP contribution in [0.4, 0.5) is 5.95 Å². The van der Waals surface area contributed by atoms with Gasteiger partial charge in [0.1, 0.15) is 12.1 Å². The zero-order chi connectivity index (χ0) is 18.1. The number of benzene rings is 1. The van der Waals surface area contributed by atoms with Crippen LogP contribution in [0.2, 0.25) is 5.15 Å². The first-order valence-electron chi connectivity index (χ1n) is 7.76. The number of nitrogens with zero attached hydrogens (tertiary/aromatic N) is 4. The Morgan fingerprint density at radius 2 is 2.15 bits per heavy atom. The molecule has 0 radical (unpaired) electrons. The van der Waals surface area contributed by atoms with E-state index in [9.17, 15) is 4.79 Å². The number of aromatic nitrogens is 4. The van der Waals surface area contributed by atoms with E-state index in [1.54, 1.807) is 28.8 Å². The number of halogens is 1. The van der Waals surface area contributed by atoms with Crippen LogP contribution in [-0.2, 0) is 14.2 Å². The van der Waals surface area contributed by atoms with E-state index in [0.29, 0.717) is 16.7 Å². The number of ether oxygens (including phenoxy) is 3. The van der Waals surface area contributed by atoms with Gasteiger partial charge in [-0.15, -0.1) is 0 Å². The molecule has 1 saturated heterocycles. The van der Waals surface area contributed by atoms with Crippen molar-refractivity contribution in [2.45, 2.75) is 12.5 Å². The predicted octanol–water partition coefficient (Wildman–Crippen LogP) is 1.79. The Labute approximate surface area is 152 Å². The number of anilines is 1. The second-order valence-corrected chi connectivity index (χ2v) is 5.87. The molecule has 10 heteroatoms. The van der Waals surface area contributed by atoms with E-state index >= 15 is 0 Å². The van der Waals surface area contributed by atoms with Crippen molar-refractivity contribution in [1.82, 2.24) is 19.5 Å². The molecule has 0 saturated carbocycles. The number of carbonyl (C=O) groups excluding carboxylic acids is 1. The summed E-state index contributed by atoms with van der Waals surface area (Å²) in [6, 6.07) is 8.69. The Hall–Kier alpha value is -2.75. The lowest BCUT2D eigenvalue weighted by atomic mass is 10.2. The van der Waals surface area contributed by atoms with E-state index in [1.165, 1.54) is 6.33 Å². The van der Waals surface area contributed by atoms with E-state index in [4.69, 9.17) is 31.5 Å². The molecule has 1 aromatic carbocycles. The number of hydrogen-bond donors (Lipinski definition) is 1. The van der Waals surface area contributed by atoms with Crippen molar-refractivity contribution in [2.24, 2.45) is 0 Å². The van der Waals surface area contributed by atoms with Crippen LogP contribution in [0.1, 0.15) is 16.6 Å². The van der Waals surface area contributed by atoms with Gasteiger partial charge in [-0.25, -0.2) is 9.78 Å². The molecule has 0 bridgehead atoms. The molecule has 1 aliphatic rings. The van der Waals surface area contributed by atoms with Crippen molar-refractivity contribution in [1.29, 1.82) is 0 Å². The molecule has 1 aliphatic heterocycles. The third-order valence-electron chi connectivity index (χ3n) is 3.80. The molecule has 2 N–H and O–H groups in total. The molecule has 0 spiro atoms. The summed E-state index contributed by atoms with van der Waals surface area (Å²) < 4.78 is 18.2. The molecular formula is C16H14ClN5O4. The van der Waals surface area contributed by atoms with E-state index in [0.717, 1.165) is 0 Å². The number of esters is 1. The van der Waals surface area contributed by atoms with Crippen LogP contribution in [0.3, 0.4) is 0 Å². The summed E-state index contributed by atoms with van der Waals surface area (Å²) in [6.07, 6.45) is 0.336. The van der Waals surface area contributed by atoms with Gasteiger partial charge in [0.25, 0.3) is 0 Å². The molecule has 134 valence electrons. The third-order valence-corrected chi connectivity index (χ3v) is 4.06. The first-order valence-corrected chi connectivity index (χ1v) is 8.14. The summed E-state index contributed by atoms with van der Waals surface area (Å²) in [6.45, 7) is 0.204. The summed E-state index contributed by atoms with van der Waals surface area (Å²) in [7, 11) is 0. The minimum absolute atomic E-state index is 0.0330. The van der Waals surface area contributed by atoms with Gasteiger partial charge >= 0.3 is 5.97 Å². The summed E-state index contributed by atoms with van der Waals surface area (Å²) in [5, 5.41) is 0.165. The Kier molecular flexibility index (Phi) is 4.41. The molecule has 3 heterocycles.